The first-order valence-electron chi connectivity index (χ1n) is 9.13. The summed E-state index contributed by atoms with van der Waals surface area (Å²) in [6, 6.07) is 0.738. The predicted molar refractivity (Wildman–Crippen MR) is 96.8 cm³/mol. The minimum Gasteiger partial charge on any atom is -0.136 e. The normalized spacial score (nSPS) is 33.2. The van der Waals surface area contributed by atoms with Crippen LogP contribution in [0.5, 0.6) is 0 Å². The molecule has 2 aliphatic heterocycles. The molecule has 2 saturated heterocycles. The van der Waals surface area contributed by atoms with Gasteiger partial charge < -0.3 is 0 Å². The summed E-state index contributed by atoms with van der Waals surface area (Å²) >= 11 is 0. The highest BCUT2D eigenvalue weighted by Crippen LogP contribution is 2.71. The summed E-state index contributed by atoms with van der Waals surface area (Å²) < 4.78 is 11.1. The SMILES string of the molecule is CN1CCCN2CCCN(C)[P+]12N(C)C1CC/C=C\CCC1. The van der Waals surface area contributed by atoms with Crippen molar-refractivity contribution in [1.29, 1.82) is 0 Å². The number of nitrogens with zero attached hydrogens (tertiary/aromatic N) is 4. The lowest BCUT2D eigenvalue weighted by atomic mass is 10.0. The van der Waals surface area contributed by atoms with E-state index in [1.54, 1.807) is 0 Å². The molecule has 3 aliphatic rings. The fraction of sp³-hybridized carbons (Fsp3) is 0.882. The zero-order valence-corrected chi connectivity index (χ0v) is 15.6. The van der Waals surface area contributed by atoms with E-state index in [0.29, 0.717) is 0 Å². The van der Waals surface area contributed by atoms with Crippen molar-refractivity contribution in [2.75, 3.05) is 47.3 Å². The standard InChI is InChI=1S/C17H34N4P/c1-18-13-9-15-21-16-10-14-19(2)22(18,21)20(3)17-11-7-5-4-6-8-12-17/h4-5,17H,6-16H2,1-3H3/q+1/b5-4-. The van der Waals surface area contributed by atoms with Crippen LogP contribution in [-0.2, 0) is 0 Å². The van der Waals surface area contributed by atoms with Crippen molar-refractivity contribution < 1.29 is 0 Å². The van der Waals surface area contributed by atoms with Crippen molar-refractivity contribution >= 4 is 7.87 Å². The molecular weight excluding hydrogens is 291 g/mol. The number of hydrogen-bond acceptors (Lipinski definition) is 4. The van der Waals surface area contributed by atoms with E-state index in [1.165, 1.54) is 71.1 Å². The van der Waals surface area contributed by atoms with Crippen molar-refractivity contribution in [1.82, 2.24) is 18.7 Å². The van der Waals surface area contributed by atoms with Gasteiger partial charge >= 0.3 is 7.87 Å². The Morgan fingerprint density at radius 1 is 0.864 bits per heavy atom. The fourth-order valence-corrected chi connectivity index (χ4v) is 9.77. The van der Waals surface area contributed by atoms with Crippen LogP contribution in [0, 0.1) is 0 Å². The predicted octanol–water partition coefficient (Wildman–Crippen LogP) is 3.46. The van der Waals surface area contributed by atoms with Crippen LogP contribution < -0.4 is 0 Å². The Balaban J connectivity index is 1.87. The van der Waals surface area contributed by atoms with Gasteiger partial charge in [0.15, 0.2) is 0 Å². The second kappa shape index (κ2) is 7.27. The summed E-state index contributed by atoms with van der Waals surface area (Å²) in [5.41, 5.74) is 0. The van der Waals surface area contributed by atoms with Crippen LogP contribution >= 0.6 is 7.87 Å². The lowest BCUT2D eigenvalue weighted by Crippen LogP contribution is -2.58. The maximum Gasteiger partial charge on any atom is 0.308 e. The summed E-state index contributed by atoms with van der Waals surface area (Å²) in [7, 11) is 5.72. The zero-order chi connectivity index (χ0) is 15.6. The Kier molecular flexibility index (Phi) is 5.57. The molecule has 22 heavy (non-hydrogen) atoms. The largest absolute Gasteiger partial charge is 0.308 e. The molecule has 0 saturated carbocycles. The maximum atomic E-state index is 2.84. The summed E-state index contributed by atoms with van der Waals surface area (Å²) in [5.74, 6) is 0. The zero-order valence-electron chi connectivity index (χ0n) is 14.7. The second-order valence-corrected chi connectivity index (χ2v) is 10.8. The third-order valence-corrected chi connectivity index (χ3v) is 10.3. The minimum absolute atomic E-state index is 0.738. The average Bonchev–Trinajstić information content (AvgIpc) is 2.47. The molecular formula is C17H34N4P+. The van der Waals surface area contributed by atoms with Gasteiger partial charge in [0.1, 0.15) is 0 Å². The lowest BCUT2D eigenvalue weighted by Gasteiger charge is -2.54. The van der Waals surface area contributed by atoms with Gasteiger partial charge in [-0.15, -0.1) is 18.7 Å². The monoisotopic (exact) mass is 325 g/mol. The molecule has 1 unspecified atom stereocenters. The van der Waals surface area contributed by atoms with Gasteiger partial charge in [0.2, 0.25) is 0 Å². The molecule has 126 valence electrons. The summed E-state index contributed by atoms with van der Waals surface area (Å²) in [6.07, 6.45) is 14.0. The molecule has 3 rings (SSSR count). The Morgan fingerprint density at radius 2 is 1.50 bits per heavy atom. The Labute approximate surface area is 137 Å². The molecule has 4 nitrogen and oxygen atoms in total. The molecule has 0 spiro atoms. The highest BCUT2D eigenvalue weighted by molar-refractivity contribution is 7.66. The topological polar surface area (TPSA) is 13.0 Å². The first kappa shape index (κ1) is 16.9. The maximum absolute atomic E-state index is 2.84. The number of rotatable bonds is 2. The highest BCUT2D eigenvalue weighted by Gasteiger charge is 2.62. The molecule has 0 aromatic rings. The Hall–Kier alpha value is 0.0100. The van der Waals surface area contributed by atoms with Gasteiger partial charge in [-0.05, 0) is 44.9 Å². The van der Waals surface area contributed by atoms with E-state index in [1.807, 2.05) is 0 Å². The van der Waals surface area contributed by atoms with E-state index < -0.39 is 7.87 Å². The molecule has 1 atom stereocenters. The summed E-state index contributed by atoms with van der Waals surface area (Å²) in [6.45, 7) is 5.09. The Bertz CT molecular complexity index is 384. The van der Waals surface area contributed by atoms with Crippen LogP contribution in [0.25, 0.3) is 0 Å². The van der Waals surface area contributed by atoms with Gasteiger partial charge in [0.25, 0.3) is 0 Å². The average molecular weight is 325 g/mol. The van der Waals surface area contributed by atoms with Crippen LogP contribution in [0.15, 0.2) is 12.2 Å². The smallest absolute Gasteiger partial charge is 0.136 e. The van der Waals surface area contributed by atoms with Crippen molar-refractivity contribution in [3.8, 4) is 0 Å². The number of fused-ring (bicyclic) bond motifs is 1. The Morgan fingerprint density at radius 3 is 2.18 bits per heavy atom. The van der Waals surface area contributed by atoms with Crippen LogP contribution in [0.4, 0.5) is 0 Å². The van der Waals surface area contributed by atoms with Gasteiger partial charge in [-0.25, -0.2) is 0 Å². The van der Waals surface area contributed by atoms with E-state index in [9.17, 15) is 0 Å². The van der Waals surface area contributed by atoms with E-state index >= 15 is 0 Å². The molecule has 2 heterocycles. The molecule has 0 bridgehead atoms. The van der Waals surface area contributed by atoms with E-state index in [2.05, 4.69) is 52.0 Å². The van der Waals surface area contributed by atoms with Crippen molar-refractivity contribution in [3.05, 3.63) is 12.2 Å². The molecule has 0 amide bonds. The molecule has 0 N–H and O–H groups in total. The fourth-order valence-electron chi connectivity index (χ4n) is 4.72. The van der Waals surface area contributed by atoms with Gasteiger partial charge in [0.05, 0.1) is 0 Å². The summed E-state index contributed by atoms with van der Waals surface area (Å²) in [5, 5.41) is 0. The summed E-state index contributed by atoms with van der Waals surface area (Å²) in [4.78, 5) is 0. The van der Waals surface area contributed by atoms with Crippen LogP contribution in [0.1, 0.15) is 44.9 Å². The first-order chi connectivity index (χ1) is 10.7. The van der Waals surface area contributed by atoms with Crippen LogP contribution in [0.3, 0.4) is 0 Å². The molecule has 0 aromatic carbocycles. The van der Waals surface area contributed by atoms with E-state index in [0.717, 1.165) is 6.04 Å². The minimum atomic E-state index is -1.46. The molecule has 5 heteroatoms. The van der Waals surface area contributed by atoms with Crippen molar-refractivity contribution in [2.24, 2.45) is 0 Å². The van der Waals surface area contributed by atoms with Crippen molar-refractivity contribution in [2.45, 2.75) is 51.0 Å². The molecule has 1 aliphatic carbocycles. The van der Waals surface area contributed by atoms with Gasteiger partial charge in [-0.3, -0.25) is 0 Å². The molecule has 0 radical (unpaired) electrons. The van der Waals surface area contributed by atoms with E-state index in [4.69, 9.17) is 0 Å². The number of allylic oxidation sites excluding steroid dienone is 2. The first-order valence-corrected chi connectivity index (χ1v) is 10.7. The van der Waals surface area contributed by atoms with Gasteiger partial charge in [-0.1, -0.05) is 12.2 Å². The lowest BCUT2D eigenvalue weighted by molar-refractivity contribution is 0.185. The van der Waals surface area contributed by atoms with Gasteiger partial charge in [0, 0.05) is 53.4 Å². The second-order valence-electron chi connectivity index (χ2n) is 7.17. The highest BCUT2D eigenvalue weighted by atomic mass is 31.2. The quantitative estimate of drug-likeness (QED) is 0.569. The van der Waals surface area contributed by atoms with Gasteiger partial charge in [-0.2, -0.15) is 0 Å². The van der Waals surface area contributed by atoms with E-state index in [-0.39, 0.29) is 0 Å². The van der Waals surface area contributed by atoms with Crippen LogP contribution in [-0.4, -0.2) is 72.0 Å². The molecule has 2 fully saturated rings. The van der Waals surface area contributed by atoms with Crippen molar-refractivity contribution in [3.63, 3.8) is 0 Å². The number of hydrogen-bond donors (Lipinski definition) is 0. The third kappa shape index (κ3) is 2.89. The van der Waals surface area contributed by atoms with Crippen LogP contribution in [0.2, 0.25) is 0 Å². The molecule has 0 aromatic heterocycles. The third-order valence-electron chi connectivity index (χ3n) is 5.78.